The Morgan fingerprint density at radius 3 is 2.55 bits per heavy atom. The van der Waals surface area contributed by atoms with Gasteiger partial charge in [-0.1, -0.05) is 13.3 Å². The van der Waals surface area contributed by atoms with E-state index in [0.717, 1.165) is 19.3 Å². The molecule has 0 radical (unpaired) electrons. The van der Waals surface area contributed by atoms with Crippen LogP contribution in [-0.4, -0.2) is 17.6 Å². The Labute approximate surface area is 67.6 Å². The summed E-state index contributed by atoms with van der Waals surface area (Å²) in [4.78, 5) is 10.2. The summed E-state index contributed by atoms with van der Waals surface area (Å²) in [7, 11) is 0. The zero-order valence-electron chi connectivity index (χ0n) is 7.05. The van der Waals surface area contributed by atoms with Crippen molar-refractivity contribution in [3.05, 3.63) is 0 Å². The molecule has 3 N–H and O–H groups in total. The molecule has 3 heteroatoms. The normalized spacial score (nSPS) is 12.9. The van der Waals surface area contributed by atoms with Crippen LogP contribution in [-0.2, 0) is 4.79 Å². The van der Waals surface area contributed by atoms with Crippen LogP contribution in [0.1, 0.15) is 32.6 Å². The second kappa shape index (κ2) is 6.16. The predicted molar refractivity (Wildman–Crippen MR) is 44.3 cm³/mol. The number of carboxylic acids is 1. The van der Waals surface area contributed by atoms with Crippen molar-refractivity contribution in [2.45, 2.75) is 32.6 Å². The third-order valence-corrected chi connectivity index (χ3v) is 1.80. The van der Waals surface area contributed by atoms with Gasteiger partial charge in [0.2, 0.25) is 0 Å². The summed E-state index contributed by atoms with van der Waals surface area (Å²) in [5.41, 5.74) is 5.45. The maximum absolute atomic E-state index is 10.2. The molecule has 0 bridgehead atoms. The third kappa shape index (κ3) is 5.85. The Kier molecular flexibility index (Phi) is 5.84. The molecule has 0 fully saturated rings. The molecule has 0 aromatic heterocycles. The number of hydrogen-bond acceptors (Lipinski definition) is 2. The van der Waals surface area contributed by atoms with Gasteiger partial charge in [0.25, 0.3) is 0 Å². The Bertz CT molecular complexity index is 115. The van der Waals surface area contributed by atoms with E-state index in [4.69, 9.17) is 10.8 Å². The first-order valence-corrected chi connectivity index (χ1v) is 4.12. The van der Waals surface area contributed by atoms with Crippen LogP contribution in [0.15, 0.2) is 0 Å². The average molecular weight is 159 g/mol. The maximum Gasteiger partial charge on any atom is 0.303 e. The number of carbonyl (C=O) groups is 1. The monoisotopic (exact) mass is 159 g/mol. The SMILES string of the molecule is CCCC(CN)CCC(=O)O. The van der Waals surface area contributed by atoms with Gasteiger partial charge < -0.3 is 10.8 Å². The second-order valence-electron chi connectivity index (χ2n) is 2.82. The zero-order chi connectivity index (χ0) is 8.69. The molecule has 0 aliphatic rings. The summed E-state index contributed by atoms with van der Waals surface area (Å²) < 4.78 is 0. The summed E-state index contributed by atoms with van der Waals surface area (Å²) in [5.74, 6) is -0.323. The highest BCUT2D eigenvalue weighted by molar-refractivity contribution is 5.66. The van der Waals surface area contributed by atoms with Crippen molar-refractivity contribution in [2.24, 2.45) is 11.7 Å². The van der Waals surface area contributed by atoms with Crippen molar-refractivity contribution >= 4 is 5.97 Å². The van der Waals surface area contributed by atoms with Crippen LogP contribution in [0.4, 0.5) is 0 Å². The molecule has 0 saturated carbocycles. The lowest BCUT2D eigenvalue weighted by atomic mass is 9.98. The largest absolute Gasteiger partial charge is 0.481 e. The molecular weight excluding hydrogens is 142 g/mol. The Balaban J connectivity index is 3.43. The number of hydrogen-bond donors (Lipinski definition) is 2. The van der Waals surface area contributed by atoms with Gasteiger partial charge in [0.15, 0.2) is 0 Å². The minimum absolute atomic E-state index is 0.252. The molecule has 1 atom stereocenters. The van der Waals surface area contributed by atoms with Crippen molar-refractivity contribution in [3.63, 3.8) is 0 Å². The molecule has 0 spiro atoms. The number of carboxylic acid groups (broad SMARTS) is 1. The van der Waals surface area contributed by atoms with E-state index >= 15 is 0 Å². The predicted octanol–water partition coefficient (Wildman–Crippen LogP) is 1.23. The van der Waals surface area contributed by atoms with Crippen LogP contribution < -0.4 is 5.73 Å². The quantitative estimate of drug-likeness (QED) is 0.612. The van der Waals surface area contributed by atoms with Gasteiger partial charge in [0.05, 0.1) is 0 Å². The molecule has 0 aromatic carbocycles. The third-order valence-electron chi connectivity index (χ3n) is 1.80. The van der Waals surface area contributed by atoms with Crippen LogP contribution in [0.25, 0.3) is 0 Å². The van der Waals surface area contributed by atoms with Crippen LogP contribution in [0, 0.1) is 5.92 Å². The number of rotatable bonds is 6. The first-order chi connectivity index (χ1) is 5.20. The van der Waals surface area contributed by atoms with E-state index in [-0.39, 0.29) is 6.42 Å². The Morgan fingerprint density at radius 1 is 1.55 bits per heavy atom. The van der Waals surface area contributed by atoms with Crippen LogP contribution in [0.3, 0.4) is 0 Å². The highest BCUT2D eigenvalue weighted by atomic mass is 16.4. The van der Waals surface area contributed by atoms with Gasteiger partial charge in [-0.15, -0.1) is 0 Å². The molecule has 1 unspecified atom stereocenters. The molecule has 0 rings (SSSR count). The van der Waals surface area contributed by atoms with Crippen molar-refractivity contribution in [1.82, 2.24) is 0 Å². The number of nitrogens with two attached hydrogens (primary N) is 1. The molecule has 66 valence electrons. The highest BCUT2D eigenvalue weighted by Crippen LogP contribution is 2.11. The molecule has 0 heterocycles. The minimum atomic E-state index is -0.723. The molecule has 11 heavy (non-hydrogen) atoms. The molecule has 0 aliphatic carbocycles. The van der Waals surface area contributed by atoms with E-state index in [1.54, 1.807) is 0 Å². The summed E-state index contributed by atoms with van der Waals surface area (Å²) in [6.45, 7) is 2.70. The Hall–Kier alpha value is -0.570. The van der Waals surface area contributed by atoms with E-state index in [0.29, 0.717) is 12.5 Å². The lowest BCUT2D eigenvalue weighted by Crippen LogP contribution is -2.15. The van der Waals surface area contributed by atoms with Gasteiger partial charge >= 0.3 is 5.97 Å². The van der Waals surface area contributed by atoms with Crippen molar-refractivity contribution in [3.8, 4) is 0 Å². The lowest BCUT2D eigenvalue weighted by molar-refractivity contribution is -0.137. The standard InChI is InChI=1S/C8H17NO2/c1-2-3-7(6-9)4-5-8(10)11/h7H,2-6,9H2,1H3,(H,10,11). The van der Waals surface area contributed by atoms with Gasteiger partial charge in [-0.2, -0.15) is 0 Å². The maximum atomic E-state index is 10.2. The summed E-state index contributed by atoms with van der Waals surface area (Å²) in [5, 5.41) is 8.39. The van der Waals surface area contributed by atoms with Crippen LogP contribution in [0.2, 0.25) is 0 Å². The fourth-order valence-corrected chi connectivity index (χ4v) is 1.12. The van der Waals surface area contributed by atoms with E-state index in [2.05, 4.69) is 6.92 Å². The van der Waals surface area contributed by atoms with Crippen molar-refractivity contribution in [1.29, 1.82) is 0 Å². The molecule has 0 aromatic rings. The van der Waals surface area contributed by atoms with Crippen LogP contribution >= 0.6 is 0 Å². The highest BCUT2D eigenvalue weighted by Gasteiger charge is 2.07. The zero-order valence-corrected chi connectivity index (χ0v) is 7.05. The Morgan fingerprint density at radius 2 is 2.18 bits per heavy atom. The summed E-state index contributed by atoms with van der Waals surface area (Å²) in [6, 6.07) is 0. The average Bonchev–Trinajstić information content (AvgIpc) is 1.97. The summed E-state index contributed by atoms with van der Waals surface area (Å²) >= 11 is 0. The fraction of sp³-hybridized carbons (Fsp3) is 0.875. The molecule has 0 amide bonds. The van der Waals surface area contributed by atoms with Crippen molar-refractivity contribution in [2.75, 3.05) is 6.54 Å². The summed E-state index contributed by atoms with van der Waals surface area (Å²) in [6.07, 6.45) is 3.10. The van der Waals surface area contributed by atoms with Gasteiger partial charge in [-0.05, 0) is 25.3 Å². The fourth-order valence-electron chi connectivity index (χ4n) is 1.12. The topological polar surface area (TPSA) is 63.3 Å². The number of aliphatic carboxylic acids is 1. The second-order valence-corrected chi connectivity index (χ2v) is 2.82. The minimum Gasteiger partial charge on any atom is -0.481 e. The van der Waals surface area contributed by atoms with Gasteiger partial charge in [-0.25, -0.2) is 0 Å². The smallest absolute Gasteiger partial charge is 0.303 e. The first kappa shape index (κ1) is 10.4. The molecule has 3 nitrogen and oxygen atoms in total. The molecule has 0 saturated heterocycles. The first-order valence-electron chi connectivity index (χ1n) is 4.12. The van der Waals surface area contributed by atoms with Gasteiger partial charge in [0, 0.05) is 6.42 Å². The van der Waals surface area contributed by atoms with Crippen molar-refractivity contribution < 1.29 is 9.90 Å². The van der Waals surface area contributed by atoms with E-state index < -0.39 is 5.97 Å². The lowest BCUT2D eigenvalue weighted by Gasteiger charge is -2.10. The molecular formula is C8H17NO2. The van der Waals surface area contributed by atoms with Gasteiger partial charge in [0.1, 0.15) is 0 Å². The van der Waals surface area contributed by atoms with Crippen LogP contribution in [0.5, 0.6) is 0 Å². The van der Waals surface area contributed by atoms with E-state index in [1.807, 2.05) is 0 Å². The molecule has 0 aliphatic heterocycles. The van der Waals surface area contributed by atoms with E-state index in [1.165, 1.54) is 0 Å². The van der Waals surface area contributed by atoms with E-state index in [9.17, 15) is 4.79 Å². The van der Waals surface area contributed by atoms with Gasteiger partial charge in [-0.3, -0.25) is 4.79 Å².